The first-order valence-corrected chi connectivity index (χ1v) is 9.27. The molecule has 2 rings (SSSR count). The Morgan fingerprint density at radius 1 is 1.30 bits per heavy atom. The third-order valence-electron chi connectivity index (χ3n) is 3.06. The van der Waals surface area contributed by atoms with Crippen LogP contribution in [0, 0.1) is 6.92 Å². The lowest BCUT2D eigenvalue weighted by molar-refractivity contribution is 0.102. The Kier molecular flexibility index (Phi) is 4.61. The number of sulfonamides is 1. The zero-order valence-electron chi connectivity index (χ0n) is 13.4. The Bertz CT molecular complexity index is 849. The molecule has 0 unspecified atom stereocenters. The maximum atomic E-state index is 12.4. The lowest BCUT2D eigenvalue weighted by atomic mass is 9.98. The zero-order valence-corrected chi connectivity index (χ0v) is 15.0. The summed E-state index contributed by atoms with van der Waals surface area (Å²) in [4.78, 5) is 17.3. The van der Waals surface area contributed by atoms with Crippen molar-refractivity contribution in [2.45, 2.75) is 38.0 Å². The molecule has 0 saturated carbocycles. The molecule has 0 bridgehead atoms. The summed E-state index contributed by atoms with van der Waals surface area (Å²) in [6, 6.07) is 5.83. The quantitative estimate of drug-likeness (QED) is 0.885. The number of carbonyl (C=O) groups is 1. The van der Waals surface area contributed by atoms with Crippen molar-refractivity contribution in [3.8, 4) is 0 Å². The van der Waals surface area contributed by atoms with Crippen LogP contribution < -0.4 is 10.5 Å². The average molecular weight is 353 g/mol. The van der Waals surface area contributed by atoms with E-state index in [1.54, 1.807) is 13.0 Å². The second-order valence-electron chi connectivity index (χ2n) is 6.21. The lowest BCUT2D eigenvalue weighted by Crippen LogP contribution is -2.14. The number of aryl methyl sites for hydroxylation is 1. The normalized spacial score (nSPS) is 12.2. The van der Waals surface area contributed by atoms with Gasteiger partial charge in [0.15, 0.2) is 0 Å². The van der Waals surface area contributed by atoms with Crippen LogP contribution in [0.5, 0.6) is 0 Å². The minimum atomic E-state index is -3.81. The molecule has 1 aromatic heterocycles. The topological polar surface area (TPSA) is 102 Å². The summed E-state index contributed by atoms with van der Waals surface area (Å²) in [5.41, 5.74) is 0.883. The number of anilines is 1. The van der Waals surface area contributed by atoms with Crippen LogP contribution in [0.25, 0.3) is 0 Å². The molecule has 1 aromatic carbocycles. The third-order valence-corrected chi connectivity index (χ3v) is 5.56. The minimum absolute atomic E-state index is 0.0493. The maximum absolute atomic E-state index is 12.4. The Morgan fingerprint density at radius 2 is 1.96 bits per heavy atom. The minimum Gasteiger partial charge on any atom is -0.321 e. The van der Waals surface area contributed by atoms with E-state index in [4.69, 9.17) is 5.14 Å². The summed E-state index contributed by atoms with van der Waals surface area (Å²) in [5, 5.41) is 8.66. The van der Waals surface area contributed by atoms with Gasteiger partial charge in [0, 0.05) is 11.1 Å². The van der Waals surface area contributed by atoms with Gasteiger partial charge in [0.25, 0.3) is 5.91 Å². The number of primary sulfonamides is 1. The summed E-state index contributed by atoms with van der Waals surface area (Å²) in [5.74, 6) is -0.318. The lowest BCUT2D eigenvalue weighted by Gasteiger charge is -2.13. The molecule has 0 aliphatic heterocycles. The van der Waals surface area contributed by atoms with Gasteiger partial charge in [0.2, 0.25) is 10.0 Å². The Labute approximate surface area is 139 Å². The van der Waals surface area contributed by atoms with Crippen molar-refractivity contribution in [2.75, 3.05) is 5.32 Å². The highest BCUT2D eigenvalue weighted by Gasteiger charge is 2.23. The van der Waals surface area contributed by atoms with Crippen molar-refractivity contribution in [1.29, 1.82) is 0 Å². The Balaban J connectivity index is 2.28. The van der Waals surface area contributed by atoms with Crippen LogP contribution in [0.15, 0.2) is 29.2 Å². The van der Waals surface area contributed by atoms with Gasteiger partial charge in [-0.05, 0) is 25.1 Å². The van der Waals surface area contributed by atoms with E-state index in [0.29, 0.717) is 16.3 Å². The predicted octanol–water partition coefficient (Wildman–Crippen LogP) is 2.65. The van der Waals surface area contributed by atoms with Crippen LogP contribution in [0.2, 0.25) is 0 Å². The number of hydrogen-bond donors (Lipinski definition) is 2. The third kappa shape index (κ3) is 4.15. The fourth-order valence-electron chi connectivity index (χ4n) is 1.87. The van der Waals surface area contributed by atoms with Crippen molar-refractivity contribution >= 4 is 33.0 Å². The molecular weight excluding hydrogens is 334 g/mol. The van der Waals surface area contributed by atoms with Gasteiger partial charge in [-0.3, -0.25) is 4.79 Å². The number of rotatable bonds is 3. The number of nitrogens with one attached hydrogen (secondary N) is 1. The predicted molar refractivity (Wildman–Crippen MR) is 91.3 cm³/mol. The van der Waals surface area contributed by atoms with Crippen LogP contribution >= 0.6 is 11.3 Å². The number of benzene rings is 1. The molecule has 2 aromatic rings. The number of nitrogens with zero attached hydrogens (tertiary/aromatic N) is 1. The van der Waals surface area contributed by atoms with Crippen molar-refractivity contribution in [3.63, 3.8) is 0 Å². The van der Waals surface area contributed by atoms with E-state index < -0.39 is 10.0 Å². The first kappa shape index (κ1) is 17.6. The molecule has 0 fully saturated rings. The molecule has 0 radical (unpaired) electrons. The highest BCUT2D eigenvalue weighted by Crippen LogP contribution is 2.29. The molecule has 1 heterocycles. The molecule has 124 valence electrons. The highest BCUT2D eigenvalue weighted by atomic mass is 32.2. The average Bonchev–Trinajstić information content (AvgIpc) is 2.80. The van der Waals surface area contributed by atoms with E-state index in [-0.39, 0.29) is 16.2 Å². The monoisotopic (exact) mass is 353 g/mol. The van der Waals surface area contributed by atoms with Gasteiger partial charge in [-0.25, -0.2) is 18.5 Å². The van der Waals surface area contributed by atoms with E-state index in [2.05, 4.69) is 10.3 Å². The standard InChI is InChI=1S/C15H19N3O3S2/c1-9-12(22-14(17-9)15(2,3)4)13(19)18-10-6-5-7-11(8-10)23(16,20)21/h5-8H,1-4H3,(H,18,19)(H2,16,20,21). The van der Waals surface area contributed by atoms with Crippen molar-refractivity contribution in [1.82, 2.24) is 4.98 Å². The summed E-state index contributed by atoms with van der Waals surface area (Å²) in [6.07, 6.45) is 0. The SMILES string of the molecule is Cc1nc(C(C)(C)C)sc1C(=O)Nc1cccc(S(N)(=O)=O)c1. The van der Waals surface area contributed by atoms with Crippen molar-refractivity contribution in [2.24, 2.45) is 5.14 Å². The maximum Gasteiger partial charge on any atom is 0.267 e. The molecule has 3 N–H and O–H groups in total. The van der Waals surface area contributed by atoms with Crippen LogP contribution in [-0.4, -0.2) is 19.3 Å². The fourth-order valence-corrected chi connectivity index (χ4v) is 3.45. The number of thiazole rings is 1. The van der Waals surface area contributed by atoms with E-state index >= 15 is 0 Å². The highest BCUT2D eigenvalue weighted by molar-refractivity contribution is 7.89. The van der Waals surface area contributed by atoms with Crippen molar-refractivity contribution in [3.05, 3.63) is 39.8 Å². The van der Waals surface area contributed by atoms with E-state index in [1.807, 2.05) is 20.8 Å². The van der Waals surface area contributed by atoms with Gasteiger partial charge in [0.1, 0.15) is 4.88 Å². The zero-order chi connectivity index (χ0) is 17.4. The van der Waals surface area contributed by atoms with Crippen LogP contribution in [0.1, 0.15) is 41.1 Å². The number of carbonyl (C=O) groups excluding carboxylic acids is 1. The fraction of sp³-hybridized carbons (Fsp3) is 0.333. The van der Waals surface area contributed by atoms with Gasteiger partial charge in [-0.1, -0.05) is 26.8 Å². The number of hydrogen-bond acceptors (Lipinski definition) is 5. The molecule has 23 heavy (non-hydrogen) atoms. The Hall–Kier alpha value is -1.77. The second kappa shape index (κ2) is 6.03. The number of amides is 1. The molecule has 0 saturated heterocycles. The van der Waals surface area contributed by atoms with E-state index in [0.717, 1.165) is 5.01 Å². The van der Waals surface area contributed by atoms with E-state index in [9.17, 15) is 13.2 Å². The first-order valence-electron chi connectivity index (χ1n) is 6.90. The number of aromatic nitrogens is 1. The van der Waals surface area contributed by atoms with Crippen LogP contribution in [0.3, 0.4) is 0 Å². The molecule has 1 amide bonds. The first-order chi connectivity index (χ1) is 10.5. The van der Waals surface area contributed by atoms with Crippen molar-refractivity contribution < 1.29 is 13.2 Å². The summed E-state index contributed by atoms with van der Waals surface area (Å²) >= 11 is 1.34. The molecule has 6 nitrogen and oxygen atoms in total. The van der Waals surface area contributed by atoms with Crippen LogP contribution in [0.4, 0.5) is 5.69 Å². The largest absolute Gasteiger partial charge is 0.321 e. The molecule has 8 heteroatoms. The molecule has 0 atom stereocenters. The second-order valence-corrected chi connectivity index (χ2v) is 8.77. The molecule has 0 aliphatic rings. The van der Waals surface area contributed by atoms with Gasteiger partial charge in [0.05, 0.1) is 15.6 Å². The van der Waals surface area contributed by atoms with E-state index in [1.165, 1.54) is 29.5 Å². The molecule has 0 aliphatic carbocycles. The number of nitrogens with two attached hydrogens (primary N) is 1. The van der Waals surface area contributed by atoms with Gasteiger partial charge < -0.3 is 5.32 Å². The van der Waals surface area contributed by atoms with Gasteiger partial charge >= 0.3 is 0 Å². The summed E-state index contributed by atoms with van der Waals surface area (Å²) < 4.78 is 22.7. The Morgan fingerprint density at radius 3 is 2.48 bits per heavy atom. The molecule has 0 spiro atoms. The summed E-state index contributed by atoms with van der Waals surface area (Å²) in [7, 11) is -3.81. The van der Waals surface area contributed by atoms with Gasteiger partial charge in [-0.2, -0.15) is 0 Å². The van der Waals surface area contributed by atoms with Gasteiger partial charge in [-0.15, -0.1) is 11.3 Å². The smallest absolute Gasteiger partial charge is 0.267 e. The van der Waals surface area contributed by atoms with Crippen LogP contribution in [-0.2, 0) is 15.4 Å². The summed E-state index contributed by atoms with van der Waals surface area (Å²) in [6.45, 7) is 7.87. The molecular formula is C15H19N3O3S2.